The number of carbonyl (C=O) groups excluding carboxylic acids is 1. The Bertz CT molecular complexity index is 1290. The number of nitrogens with two attached hydrogens (primary N) is 2. The van der Waals surface area contributed by atoms with Gasteiger partial charge in [0.2, 0.25) is 0 Å². The lowest BCUT2D eigenvalue weighted by atomic mass is 10.1. The third-order valence-corrected chi connectivity index (χ3v) is 6.03. The van der Waals surface area contributed by atoms with E-state index in [1.165, 1.54) is 0 Å². The zero-order valence-corrected chi connectivity index (χ0v) is 18.8. The van der Waals surface area contributed by atoms with Crippen LogP contribution in [0.2, 0.25) is 0 Å². The van der Waals surface area contributed by atoms with Crippen LogP contribution in [-0.2, 0) is 4.79 Å². The SMILES string of the molecule is NCC(=O)CN1CCC[C@@H](n2ncc3c(N)nc(-c4ccc(Oc5ccccc5)cc4)nc32)C1. The van der Waals surface area contributed by atoms with E-state index in [-0.39, 0.29) is 18.4 Å². The Hall–Kier alpha value is -3.82. The van der Waals surface area contributed by atoms with Gasteiger partial charge in [-0.3, -0.25) is 9.69 Å². The van der Waals surface area contributed by atoms with Crippen molar-refractivity contribution in [1.82, 2.24) is 24.6 Å². The summed E-state index contributed by atoms with van der Waals surface area (Å²) >= 11 is 0. The monoisotopic (exact) mass is 457 g/mol. The fourth-order valence-corrected chi connectivity index (χ4v) is 4.33. The summed E-state index contributed by atoms with van der Waals surface area (Å²) in [4.78, 5) is 23.3. The zero-order chi connectivity index (χ0) is 23.5. The van der Waals surface area contributed by atoms with E-state index in [1.807, 2.05) is 59.3 Å². The molecule has 0 bridgehead atoms. The van der Waals surface area contributed by atoms with E-state index >= 15 is 0 Å². The number of anilines is 1. The van der Waals surface area contributed by atoms with Crippen LogP contribution in [0.5, 0.6) is 11.5 Å². The van der Waals surface area contributed by atoms with Crippen LogP contribution in [0.4, 0.5) is 5.82 Å². The van der Waals surface area contributed by atoms with Gasteiger partial charge in [-0.05, 0) is 55.8 Å². The molecule has 1 aliphatic rings. The first-order chi connectivity index (χ1) is 16.6. The maximum Gasteiger partial charge on any atom is 0.164 e. The number of fused-ring (bicyclic) bond motifs is 1. The number of hydrogen-bond donors (Lipinski definition) is 2. The summed E-state index contributed by atoms with van der Waals surface area (Å²) in [6.45, 7) is 2.02. The molecule has 0 unspecified atom stereocenters. The molecular formula is C25H27N7O2. The number of piperidine rings is 1. The van der Waals surface area contributed by atoms with Crippen molar-refractivity contribution >= 4 is 22.6 Å². The Morgan fingerprint density at radius 3 is 2.59 bits per heavy atom. The van der Waals surface area contributed by atoms with E-state index in [0.717, 1.165) is 41.8 Å². The fraction of sp³-hybridized carbons (Fsp3) is 0.280. The number of ketones is 1. The second-order valence-electron chi connectivity index (χ2n) is 8.47. The minimum Gasteiger partial charge on any atom is -0.457 e. The van der Waals surface area contributed by atoms with Gasteiger partial charge < -0.3 is 16.2 Å². The molecule has 34 heavy (non-hydrogen) atoms. The molecule has 5 rings (SSSR count). The third kappa shape index (κ3) is 4.61. The normalized spacial score (nSPS) is 16.6. The van der Waals surface area contributed by atoms with Crippen molar-refractivity contribution in [3.8, 4) is 22.9 Å². The average molecular weight is 458 g/mol. The number of nitrogens with zero attached hydrogens (tertiary/aromatic N) is 5. The molecule has 0 radical (unpaired) electrons. The number of likely N-dealkylation sites (tertiary alicyclic amines) is 1. The molecule has 2 aromatic heterocycles. The summed E-state index contributed by atoms with van der Waals surface area (Å²) in [5.41, 5.74) is 13.3. The summed E-state index contributed by atoms with van der Waals surface area (Å²) in [6, 6.07) is 17.3. The van der Waals surface area contributed by atoms with E-state index in [4.69, 9.17) is 21.2 Å². The topological polar surface area (TPSA) is 125 Å². The molecule has 1 fully saturated rings. The first kappa shape index (κ1) is 22.0. The van der Waals surface area contributed by atoms with E-state index in [9.17, 15) is 4.79 Å². The van der Waals surface area contributed by atoms with E-state index in [1.54, 1.807) is 6.20 Å². The van der Waals surface area contributed by atoms with Gasteiger partial charge in [0.1, 0.15) is 17.3 Å². The van der Waals surface area contributed by atoms with Crippen molar-refractivity contribution in [3.63, 3.8) is 0 Å². The Morgan fingerprint density at radius 2 is 1.82 bits per heavy atom. The van der Waals surface area contributed by atoms with Gasteiger partial charge in [-0.2, -0.15) is 5.10 Å². The van der Waals surface area contributed by atoms with Crippen LogP contribution in [0.3, 0.4) is 0 Å². The first-order valence-corrected chi connectivity index (χ1v) is 11.4. The molecule has 4 N–H and O–H groups in total. The first-order valence-electron chi connectivity index (χ1n) is 11.4. The lowest BCUT2D eigenvalue weighted by molar-refractivity contribution is -0.119. The van der Waals surface area contributed by atoms with Gasteiger partial charge in [0.15, 0.2) is 17.3 Å². The van der Waals surface area contributed by atoms with Crippen molar-refractivity contribution in [2.24, 2.45) is 5.73 Å². The van der Waals surface area contributed by atoms with Gasteiger partial charge >= 0.3 is 0 Å². The van der Waals surface area contributed by atoms with Crippen molar-refractivity contribution in [3.05, 3.63) is 60.8 Å². The largest absolute Gasteiger partial charge is 0.457 e. The number of rotatable bonds is 7. The number of para-hydroxylation sites is 1. The molecule has 1 aliphatic heterocycles. The molecule has 9 heteroatoms. The van der Waals surface area contributed by atoms with Crippen LogP contribution in [0, 0.1) is 0 Å². The second-order valence-corrected chi connectivity index (χ2v) is 8.47. The lowest BCUT2D eigenvalue weighted by Crippen LogP contribution is -2.41. The minimum atomic E-state index is 0.0412. The highest BCUT2D eigenvalue weighted by Crippen LogP contribution is 2.29. The van der Waals surface area contributed by atoms with Gasteiger partial charge in [-0.15, -0.1) is 0 Å². The molecule has 1 atom stereocenters. The highest BCUT2D eigenvalue weighted by Gasteiger charge is 2.25. The summed E-state index contributed by atoms with van der Waals surface area (Å²) in [5.74, 6) is 2.46. The average Bonchev–Trinajstić information content (AvgIpc) is 3.30. The van der Waals surface area contributed by atoms with Crippen LogP contribution < -0.4 is 16.2 Å². The maximum atomic E-state index is 11.8. The number of nitrogen functional groups attached to an aromatic ring is 1. The molecule has 0 amide bonds. The number of ether oxygens (including phenoxy) is 1. The Morgan fingerprint density at radius 1 is 1.06 bits per heavy atom. The number of Topliss-reactive ketones (excluding diaryl/α,β-unsaturated/α-hetero) is 1. The molecule has 2 aromatic carbocycles. The summed E-state index contributed by atoms with van der Waals surface area (Å²) in [5, 5.41) is 5.31. The smallest absolute Gasteiger partial charge is 0.164 e. The maximum absolute atomic E-state index is 11.8. The van der Waals surface area contributed by atoms with Crippen LogP contribution in [0.1, 0.15) is 18.9 Å². The fourth-order valence-electron chi connectivity index (χ4n) is 4.33. The molecule has 4 aromatic rings. The van der Waals surface area contributed by atoms with Crippen molar-refractivity contribution in [1.29, 1.82) is 0 Å². The van der Waals surface area contributed by atoms with Gasteiger partial charge in [-0.1, -0.05) is 18.2 Å². The molecule has 174 valence electrons. The summed E-state index contributed by atoms with van der Waals surface area (Å²) in [7, 11) is 0. The summed E-state index contributed by atoms with van der Waals surface area (Å²) in [6.07, 6.45) is 3.64. The Balaban J connectivity index is 1.40. The quantitative estimate of drug-likeness (QED) is 0.434. The standard InChI is InChI=1S/C25H27N7O2/c26-13-19(33)16-31-12-4-5-18(15-31)32-25-22(14-28-32)23(27)29-24(30-25)17-8-10-21(11-9-17)34-20-6-2-1-3-7-20/h1-3,6-11,14,18H,4-5,12-13,15-16,26H2,(H2,27,29,30)/t18-/m1/s1. The van der Waals surface area contributed by atoms with Crippen LogP contribution in [-0.4, -0.2) is 56.6 Å². The van der Waals surface area contributed by atoms with E-state index < -0.39 is 0 Å². The number of hydrogen-bond acceptors (Lipinski definition) is 8. The second kappa shape index (κ2) is 9.58. The Labute approximate surface area is 197 Å². The molecule has 0 aliphatic carbocycles. The van der Waals surface area contributed by atoms with Gasteiger partial charge in [0.05, 0.1) is 30.7 Å². The molecule has 0 spiro atoms. The predicted octanol–water partition coefficient (Wildman–Crippen LogP) is 3.03. The zero-order valence-electron chi connectivity index (χ0n) is 18.8. The van der Waals surface area contributed by atoms with Crippen LogP contribution in [0.25, 0.3) is 22.4 Å². The van der Waals surface area contributed by atoms with Crippen molar-refractivity contribution in [2.75, 3.05) is 31.9 Å². The Kier molecular flexibility index (Phi) is 6.20. The van der Waals surface area contributed by atoms with Crippen molar-refractivity contribution in [2.45, 2.75) is 18.9 Å². The number of carbonyl (C=O) groups is 1. The lowest BCUT2D eigenvalue weighted by Gasteiger charge is -2.32. The molecule has 1 saturated heterocycles. The van der Waals surface area contributed by atoms with Gasteiger partial charge in [0, 0.05) is 12.1 Å². The van der Waals surface area contributed by atoms with Crippen LogP contribution in [0.15, 0.2) is 60.8 Å². The van der Waals surface area contributed by atoms with Gasteiger partial charge in [-0.25, -0.2) is 14.6 Å². The highest BCUT2D eigenvalue weighted by atomic mass is 16.5. The molecular weight excluding hydrogens is 430 g/mol. The molecule has 9 nitrogen and oxygen atoms in total. The molecule has 0 saturated carbocycles. The third-order valence-electron chi connectivity index (χ3n) is 6.03. The van der Waals surface area contributed by atoms with Gasteiger partial charge in [0.25, 0.3) is 0 Å². The van der Waals surface area contributed by atoms with Crippen molar-refractivity contribution < 1.29 is 9.53 Å². The van der Waals surface area contributed by atoms with E-state index in [0.29, 0.717) is 30.4 Å². The predicted molar refractivity (Wildman–Crippen MR) is 130 cm³/mol. The molecule has 3 heterocycles. The van der Waals surface area contributed by atoms with Crippen LogP contribution >= 0.6 is 0 Å². The number of aromatic nitrogens is 4. The highest BCUT2D eigenvalue weighted by molar-refractivity contribution is 5.87. The number of benzene rings is 2. The minimum absolute atomic E-state index is 0.0412. The van der Waals surface area contributed by atoms with E-state index in [2.05, 4.69) is 15.0 Å². The summed E-state index contributed by atoms with van der Waals surface area (Å²) < 4.78 is 7.80.